The summed E-state index contributed by atoms with van der Waals surface area (Å²) in [4.78, 5) is 10.3. The molecule has 0 aromatic carbocycles. The molecule has 118 valence electrons. The number of unbranched alkanes of at least 4 members (excludes halogenated alkanes) is 13. The van der Waals surface area contributed by atoms with E-state index < -0.39 is 5.97 Å². The van der Waals surface area contributed by atoms with Gasteiger partial charge in [-0.2, -0.15) is 0 Å². The van der Waals surface area contributed by atoms with Gasteiger partial charge in [0.05, 0.1) is 0 Å². The molecule has 0 saturated heterocycles. The van der Waals surface area contributed by atoms with Crippen LogP contribution in [0, 0.1) is 0 Å². The average molecular weight is 313 g/mol. The second kappa shape index (κ2) is 19.7. The standard InChI is InChI=1S/C17H34O2.Ca.2H/c1-2-3-4-5-6-7-8-9-10-11-12-13-14-15-16-17(18)19;;;/h2-16H2,1H3,(H,18,19);;;. The molecule has 0 fully saturated rings. The number of hydrogen-bond donors (Lipinski definition) is 1. The average Bonchev–Trinajstić information content (AvgIpc) is 2.39. The number of carboxylic acid groups (broad SMARTS) is 1. The fourth-order valence-electron chi connectivity index (χ4n) is 2.47. The molecule has 2 nitrogen and oxygen atoms in total. The van der Waals surface area contributed by atoms with Crippen molar-refractivity contribution in [3.8, 4) is 0 Å². The summed E-state index contributed by atoms with van der Waals surface area (Å²) in [6.45, 7) is 2.27. The van der Waals surface area contributed by atoms with Crippen molar-refractivity contribution in [3.63, 3.8) is 0 Å². The van der Waals surface area contributed by atoms with E-state index in [0.717, 1.165) is 12.8 Å². The second-order valence-electron chi connectivity index (χ2n) is 5.74. The predicted octanol–water partition coefficient (Wildman–Crippen LogP) is 5.03. The zero-order valence-corrected chi connectivity index (χ0v) is 13.0. The van der Waals surface area contributed by atoms with Crippen LogP contribution < -0.4 is 0 Å². The van der Waals surface area contributed by atoms with Crippen LogP contribution in [0.3, 0.4) is 0 Å². The van der Waals surface area contributed by atoms with E-state index in [1.54, 1.807) is 0 Å². The van der Waals surface area contributed by atoms with Crippen molar-refractivity contribution in [2.45, 2.75) is 103 Å². The van der Waals surface area contributed by atoms with Gasteiger partial charge in [0.2, 0.25) is 0 Å². The molecule has 0 radical (unpaired) electrons. The van der Waals surface area contributed by atoms with Crippen molar-refractivity contribution in [1.29, 1.82) is 0 Å². The first kappa shape index (κ1) is 23.0. The Morgan fingerprint density at radius 1 is 0.650 bits per heavy atom. The van der Waals surface area contributed by atoms with E-state index >= 15 is 0 Å². The van der Waals surface area contributed by atoms with Crippen LogP contribution in [0.4, 0.5) is 0 Å². The van der Waals surface area contributed by atoms with Gasteiger partial charge in [0, 0.05) is 6.42 Å². The Morgan fingerprint density at radius 3 is 1.25 bits per heavy atom. The summed E-state index contributed by atoms with van der Waals surface area (Å²) in [5, 5.41) is 8.50. The SMILES string of the molecule is CCCCCCCCCCCCCCCCC(=O)O.[CaH2]. The second-order valence-corrected chi connectivity index (χ2v) is 5.74. The van der Waals surface area contributed by atoms with Gasteiger partial charge in [-0.1, -0.05) is 90.4 Å². The van der Waals surface area contributed by atoms with E-state index in [0.29, 0.717) is 6.42 Å². The van der Waals surface area contributed by atoms with E-state index in [9.17, 15) is 4.79 Å². The van der Waals surface area contributed by atoms with Gasteiger partial charge in [-0.25, -0.2) is 0 Å². The summed E-state index contributed by atoms with van der Waals surface area (Å²) in [6, 6.07) is 0. The zero-order chi connectivity index (χ0) is 14.2. The summed E-state index contributed by atoms with van der Waals surface area (Å²) in [7, 11) is 0. The molecule has 0 heterocycles. The van der Waals surface area contributed by atoms with E-state index in [2.05, 4.69) is 6.92 Å². The number of carboxylic acids is 1. The van der Waals surface area contributed by atoms with Crippen LogP contribution in [0.2, 0.25) is 0 Å². The maximum atomic E-state index is 10.3. The first-order valence-electron chi connectivity index (χ1n) is 8.49. The number of aliphatic carboxylic acids is 1. The molecule has 0 aliphatic heterocycles. The van der Waals surface area contributed by atoms with Crippen molar-refractivity contribution < 1.29 is 9.90 Å². The summed E-state index contributed by atoms with van der Waals surface area (Å²) < 4.78 is 0. The van der Waals surface area contributed by atoms with E-state index in [4.69, 9.17) is 5.11 Å². The normalized spacial score (nSPS) is 10.2. The molecule has 3 heteroatoms. The summed E-state index contributed by atoms with van der Waals surface area (Å²) in [6.07, 6.45) is 18.7. The minimum atomic E-state index is -0.654. The van der Waals surface area contributed by atoms with E-state index in [1.807, 2.05) is 0 Å². The molecule has 0 atom stereocenters. The Bertz CT molecular complexity index is 195. The first-order chi connectivity index (χ1) is 9.27. The Balaban J connectivity index is 0. The van der Waals surface area contributed by atoms with Gasteiger partial charge in [-0.15, -0.1) is 0 Å². The molecule has 20 heavy (non-hydrogen) atoms. The maximum absolute atomic E-state index is 10.3. The molecular weight excluding hydrogens is 276 g/mol. The van der Waals surface area contributed by atoms with Gasteiger partial charge in [0.15, 0.2) is 0 Å². The van der Waals surface area contributed by atoms with Crippen LogP contribution >= 0.6 is 0 Å². The summed E-state index contributed by atoms with van der Waals surface area (Å²) in [5.74, 6) is -0.654. The molecule has 0 aliphatic carbocycles. The van der Waals surface area contributed by atoms with Gasteiger partial charge in [0.1, 0.15) is 0 Å². The quantitative estimate of drug-likeness (QED) is 0.340. The van der Waals surface area contributed by atoms with E-state index in [-0.39, 0.29) is 37.7 Å². The van der Waals surface area contributed by atoms with Gasteiger partial charge in [0.25, 0.3) is 0 Å². The van der Waals surface area contributed by atoms with Gasteiger partial charge in [-0.3, -0.25) is 4.79 Å². The summed E-state index contributed by atoms with van der Waals surface area (Å²) >= 11 is 0. The Hall–Kier alpha value is 0.730. The zero-order valence-electron chi connectivity index (χ0n) is 13.0. The number of hydrogen-bond acceptors (Lipinski definition) is 1. The van der Waals surface area contributed by atoms with Crippen molar-refractivity contribution in [2.24, 2.45) is 0 Å². The molecule has 0 spiro atoms. The Kier molecular flexibility index (Phi) is 22.7. The fraction of sp³-hybridized carbons (Fsp3) is 0.941. The molecule has 0 bridgehead atoms. The van der Waals surface area contributed by atoms with Crippen LogP contribution in [-0.4, -0.2) is 48.8 Å². The van der Waals surface area contributed by atoms with Crippen molar-refractivity contribution in [2.75, 3.05) is 0 Å². The van der Waals surface area contributed by atoms with Crippen molar-refractivity contribution in [3.05, 3.63) is 0 Å². The van der Waals surface area contributed by atoms with Crippen LogP contribution in [0.5, 0.6) is 0 Å². The van der Waals surface area contributed by atoms with Crippen LogP contribution in [0.25, 0.3) is 0 Å². The summed E-state index contributed by atoms with van der Waals surface area (Å²) in [5.41, 5.74) is 0. The number of rotatable bonds is 15. The monoisotopic (exact) mass is 312 g/mol. The minimum absolute atomic E-state index is 0. The van der Waals surface area contributed by atoms with Gasteiger partial charge >= 0.3 is 43.7 Å². The molecular formula is C17H36CaO2. The van der Waals surface area contributed by atoms with Crippen LogP contribution in [-0.2, 0) is 4.79 Å². The Morgan fingerprint density at radius 2 is 0.950 bits per heavy atom. The Labute approximate surface area is 156 Å². The predicted molar refractivity (Wildman–Crippen MR) is 91.1 cm³/mol. The van der Waals surface area contributed by atoms with Gasteiger partial charge in [-0.05, 0) is 6.42 Å². The third-order valence-electron chi connectivity index (χ3n) is 3.74. The number of carbonyl (C=O) groups is 1. The van der Waals surface area contributed by atoms with E-state index in [1.165, 1.54) is 77.0 Å². The van der Waals surface area contributed by atoms with Crippen LogP contribution in [0.1, 0.15) is 103 Å². The van der Waals surface area contributed by atoms with Crippen molar-refractivity contribution in [1.82, 2.24) is 0 Å². The van der Waals surface area contributed by atoms with Crippen LogP contribution in [0.15, 0.2) is 0 Å². The molecule has 0 aromatic heterocycles. The third-order valence-corrected chi connectivity index (χ3v) is 3.74. The molecule has 0 saturated carbocycles. The van der Waals surface area contributed by atoms with Gasteiger partial charge < -0.3 is 5.11 Å². The molecule has 0 aromatic rings. The van der Waals surface area contributed by atoms with Crippen molar-refractivity contribution >= 4 is 43.7 Å². The topological polar surface area (TPSA) is 37.3 Å². The first-order valence-corrected chi connectivity index (χ1v) is 8.49. The molecule has 0 amide bonds. The molecule has 1 N–H and O–H groups in total. The molecule has 0 aliphatic rings. The molecule has 0 unspecified atom stereocenters. The fourth-order valence-corrected chi connectivity index (χ4v) is 2.47. The third kappa shape index (κ3) is 21.0. The molecule has 0 rings (SSSR count).